The Morgan fingerprint density at radius 3 is 2.50 bits per heavy atom. The number of benzene rings is 1. The smallest absolute Gasteiger partial charge is 0.337 e. The number of hydrogen-bond acceptors (Lipinski definition) is 4. The van der Waals surface area contributed by atoms with Gasteiger partial charge < -0.3 is 15.4 Å². The number of hydrogen-bond donors (Lipinski definition) is 2. The summed E-state index contributed by atoms with van der Waals surface area (Å²) in [6, 6.07) is 6.38. The van der Waals surface area contributed by atoms with Gasteiger partial charge in [0.2, 0.25) is 5.91 Å². The van der Waals surface area contributed by atoms with Crippen LogP contribution >= 0.6 is 0 Å². The fourth-order valence-corrected chi connectivity index (χ4v) is 3.34. The average Bonchev–Trinajstić information content (AvgIpc) is 3.53. The van der Waals surface area contributed by atoms with E-state index in [4.69, 9.17) is 4.74 Å². The number of anilines is 1. The summed E-state index contributed by atoms with van der Waals surface area (Å²) >= 11 is 0. The Morgan fingerprint density at radius 2 is 1.93 bits per heavy atom. The number of unbranched alkanes of at least 4 members (excludes halogenated alkanes) is 1. The molecule has 1 unspecified atom stereocenters. The summed E-state index contributed by atoms with van der Waals surface area (Å²) in [6.07, 6.45) is 3.68. The van der Waals surface area contributed by atoms with Gasteiger partial charge in [0.25, 0.3) is 0 Å². The van der Waals surface area contributed by atoms with Crippen LogP contribution in [0.2, 0.25) is 0 Å². The predicted molar refractivity (Wildman–Crippen MR) is 105 cm³/mol. The van der Waals surface area contributed by atoms with E-state index in [9.17, 15) is 14.4 Å². The minimum absolute atomic E-state index is 0.0382. The second kappa shape index (κ2) is 8.46. The average molecular weight is 385 g/mol. The fraction of sp³-hybridized carbons (Fsp3) is 0.476. The van der Waals surface area contributed by atoms with Gasteiger partial charge in [-0.05, 0) is 43.9 Å². The molecule has 1 aromatic rings. The lowest BCUT2D eigenvalue weighted by atomic mass is 9.94. The highest BCUT2D eigenvalue weighted by Gasteiger charge is 2.36. The third-order valence-corrected chi connectivity index (χ3v) is 5.20. The molecule has 1 heterocycles. The monoisotopic (exact) mass is 385 g/mol. The van der Waals surface area contributed by atoms with Crippen molar-refractivity contribution in [1.29, 1.82) is 0 Å². The Labute approximate surface area is 165 Å². The first kappa shape index (κ1) is 19.9. The van der Waals surface area contributed by atoms with Crippen LogP contribution in [-0.4, -0.2) is 36.5 Å². The molecule has 1 saturated carbocycles. The molecule has 1 aliphatic carbocycles. The highest BCUT2D eigenvalue weighted by Crippen LogP contribution is 2.33. The van der Waals surface area contributed by atoms with Gasteiger partial charge in [-0.3, -0.25) is 9.69 Å². The van der Waals surface area contributed by atoms with E-state index in [2.05, 4.69) is 17.6 Å². The van der Waals surface area contributed by atoms with Crippen LogP contribution in [0.15, 0.2) is 35.5 Å². The van der Waals surface area contributed by atoms with Crippen molar-refractivity contribution in [3.63, 3.8) is 0 Å². The van der Waals surface area contributed by atoms with Crippen LogP contribution in [0.25, 0.3) is 0 Å². The number of carbonyl (C=O) groups excluding carboxylic acids is 3. The van der Waals surface area contributed by atoms with E-state index < -0.39 is 12.0 Å². The maximum Gasteiger partial charge on any atom is 0.337 e. The molecule has 0 radical (unpaired) electrons. The summed E-state index contributed by atoms with van der Waals surface area (Å²) in [7, 11) is 1.34. The van der Waals surface area contributed by atoms with Gasteiger partial charge in [0.15, 0.2) is 0 Å². The first-order valence-electron chi connectivity index (χ1n) is 9.74. The maximum atomic E-state index is 12.6. The normalized spacial score (nSPS) is 19.3. The molecule has 2 N–H and O–H groups in total. The maximum absolute atomic E-state index is 12.6. The molecule has 28 heavy (non-hydrogen) atoms. The molecule has 1 fully saturated rings. The van der Waals surface area contributed by atoms with Crippen molar-refractivity contribution in [3.8, 4) is 0 Å². The number of nitrogens with zero attached hydrogens (tertiary/aromatic N) is 1. The number of methoxy groups -OCH3 is 1. The molecule has 0 saturated heterocycles. The van der Waals surface area contributed by atoms with Gasteiger partial charge >= 0.3 is 12.0 Å². The Hall–Kier alpha value is -2.83. The van der Waals surface area contributed by atoms with E-state index in [0.29, 0.717) is 23.5 Å². The molecule has 7 heteroatoms. The third kappa shape index (κ3) is 4.18. The van der Waals surface area contributed by atoms with Crippen molar-refractivity contribution in [2.75, 3.05) is 19.0 Å². The van der Waals surface area contributed by atoms with Crippen molar-refractivity contribution in [1.82, 2.24) is 10.2 Å². The van der Waals surface area contributed by atoms with E-state index in [1.54, 1.807) is 24.0 Å². The first-order chi connectivity index (χ1) is 13.5. The van der Waals surface area contributed by atoms with E-state index in [1.807, 2.05) is 12.1 Å². The van der Waals surface area contributed by atoms with Gasteiger partial charge in [0.1, 0.15) is 0 Å². The molecule has 0 bridgehead atoms. The molecular formula is C21H27N3O4. The van der Waals surface area contributed by atoms with Crippen LogP contribution in [0.5, 0.6) is 0 Å². The molecule has 150 valence electrons. The molecule has 0 spiro atoms. The minimum atomic E-state index is -0.592. The molecule has 1 aliphatic heterocycles. The van der Waals surface area contributed by atoms with Gasteiger partial charge in [-0.15, -0.1) is 0 Å². The first-order valence-corrected chi connectivity index (χ1v) is 9.74. The highest BCUT2D eigenvalue weighted by atomic mass is 16.5. The summed E-state index contributed by atoms with van der Waals surface area (Å²) in [6.45, 7) is 4.37. The second-order valence-electron chi connectivity index (χ2n) is 7.26. The summed E-state index contributed by atoms with van der Waals surface area (Å²) in [5.41, 5.74) is 2.49. The number of nitrogens with one attached hydrogen (secondary N) is 2. The van der Waals surface area contributed by atoms with Crippen LogP contribution in [-0.2, 0) is 14.3 Å². The summed E-state index contributed by atoms with van der Waals surface area (Å²) < 4.78 is 4.98. The highest BCUT2D eigenvalue weighted by molar-refractivity contribution is 5.95. The number of esters is 1. The van der Waals surface area contributed by atoms with Gasteiger partial charge in [0, 0.05) is 23.8 Å². The van der Waals surface area contributed by atoms with Crippen LogP contribution in [0.1, 0.15) is 51.1 Å². The van der Waals surface area contributed by atoms with Crippen molar-refractivity contribution >= 4 is 23.6 Å². The van der Waals surface area contributed by atoms with Crippen LogP contribution in [0.4, 0.5) is 10.5 Å². The topological polar surface area (TPSA) is 87.7 Å². The number of rotatable bonds is 7. The number of allylic oxidation sites excluding steroid dienone is 1. The number of carbonyl (C=O) groups is 3. The Morgan fingerprint density at radius 1 is 1.25 bits per heavy atom. The summed E-state index contributed by atoms with van der Waals surface area (Å²) in [5, 5.41) is 5.81. The number of urea groups is 1. The summed E-state index contributed by atoms with van der Waals surface area (Å²) in [5.74, 6) is -0.297. The van der Waals surface area contributed by atoms with Crippen LogP contribution in [0.3, 0.4) is 0 Å². The zero-order valence-corrected chi connectivity index (χ0v) is 16.6. The minimum Gasteiger partial charge on any atom is -0.466 e. The Bertz CT molecular complexity index is 796. The number of ether oxygens (including phenoxy) is 1. The van der Waals surface area contributed by atoms with Gasteiger partial charge in [0.05, 0.1) is 18.7 Å². The van der Waals surface area contributed by atoms with Crippen molar-refractivity contribution in [2.24, 2.45) is 5.92 Å². The molecule has 7 nitrogen and oxygen atoms in total. The van der Waals surface area contributed by atoms with Crippen molar-refractivity contribution in [2.45, 2.75) is 45.6 Å². The molecule has 1 aromatic carbocycles. The Kier molecular flexibility index (Phi) is 6.02. The van der Waals surface area contributed by atoms with Gasteiger partial charge in [-0.2, -0.15) is 0 Å². The lowest BCUT2D eigenvalue weighted by Gasteiger charge is -2.35. The van der Waals surface area contributed by atoms with Crippen molar-refractivity contribution < 1.29 is 19.1 Å². The standard InChI is InChI=1S/C21H27N3O4/c1-4-5-12-24-13(2)17(20(26)28-3)18(23-21(24)27)14-8-10-16(11-9-14)22-19(25)15-6-7-15/h8-11,15,18H,4-7,12H2,1-3H3,(H,22,25)(H,23,27). The molecule has 1 atom stereocenters. The molecule has 0 aromatic heterocycles. The van der Waals surface area contributed by atoms with Gasteiger partial charge in [-0.1, -0.05) is 25.5 Å². The Balaban J connectivity index is 1.86. The molecule has 2 aliphatic rings. The third-order valence-electron chi connectivity index (χ3n) is 5.20. The fourth-order valence-electron chi connectivity index (χ4n) is 3.34. The van der Waals surface area contributed by atoms with E-state index in [-0.39, 0.29) is 17.9 Å². The second-order valence-corrected chi connectivity index (χ2v) is 7.26. The quantitative estimate of drug-likeness (QED) is 0.705. The molecule has 3 rings (SSSR count). The van der Waals surface area contributed by atoms with Crippen LogP contribution in [0, 0.1) is 5.92 Å². The van der Waals surface area contributed by atoms with E-state index in [0.717, 1.165) is 31.2 Å². The largest absolute Gasteiger partial charge is 0.466 e. The van der Waals surface area contributed by atoms with Crippen LogP contribution < -0.4 is 10.6 Å². The van der Waals surface area contributed by atoms with E-state index in [1.165, 1.54) is 7.11 Å². The number of amides is 3. The zero-order valence-electron chi connectivity index (χ0n) is 16.6. The molecule has 3 amide bonds. The lowest BCUT2D eigenvalue weighted by molar-refractivity contribution is -0.136. The predicted octanol–water partition coefficient (Wildman–Crippen LogP) is 3.35. The van der Waals surface area contributed by atoms with E-state index >= 15 is 0 Å². The SMILES string of the molecule is CCCCN1C(=O)NC(c2ccc(NC(=O)C3CC3)cc2)C(C(=O)OC)=C1C. The van der Waals surface area contributed by atoms with Gasteiger partial charge in [-0.25, -0.2) is 9.59 Å². The molecular weight excluding hydrogens is 358 g/mol. The zero-order chi connectivity index (χ0) is 20.3. The summed E-state index contributed by atoms with van der Waals surface area (Å²) in [4.78, 5) is 38.6. The van der Waals surface area contributed by atoms with Crippen molar-refractivity contribution in [3.05, 3.63) is 41.1 Å². The lowest BCUT2D eigenvalue weighted by Crippen LogP contribution is -2.48.